The second kappa shape index (κ2) is 4.45. The summed E-state index contributed by atoms with van der Waals surface area (Å²) in [6.07, 6.45) is 0.131. The quantitative estimate of drug-likeness (QED) is 0.559. The van der Waals surface area contributed by atoms with E-state index in [1.54, 1.807) is 7.05 Å². The van der Waals surface area contributed by atoms with E-state index in [0.29, 0.717) is 5.69 Å². The van der Waals surface area contributed by atoms with Crippen molar-refractivity contribution in [2.45, 2.75) is 20.0 Å². The van der Waals surface area contributed by atoms with Crippen molar-refractivity contribution in [1.29, 1.82) is 5.41 Å². The molecule has 3 N–H and O–H groups in total. The zero-order valence-electron chi connectivity index (χ0n) is 10.2. The monoisotopic (exact) mass is 232 g/mol. The number of hydrogen-bond acceptors (Lipinski definition) is 3. The molecule has 0 spiro atoms. The van der Waals surface area contributed by atoms with E-state index in [2.05, 4.69) is 15.5 Å². The molecule has 2 rings (SSSR count). The molecule has 0 aliphatic rings. The molecule has 2 aromatic rings. The Labute approximate surface area is 99.7 Å². The standard InChI is InChI=1S/C12H16N4O/c1-7(2)17-8-4-5-10-9(6-8)11(16-15-10)12(13)14-3/h4-7H,1-3H3,(H2,13,14)(H,15,16). The van der Waals surface area contributed by atoms with Gasteiger partial charge in [-0.3, -0.25) is 10.5 Å². The van der Waals surface area contributed by atoms with Crippen LogP contribution in [0.5, 0.6) is 5.75 Å². The first-order valence-electron chi connectivity index (χ1n) is 5.53. The third-order valence-corrected chi connectivity index (χ3v) is 2.39. The number of nitrogens with zero attached hydrogens (tertiary/aromatic N) is 1. The molecule has 0 saturated carbocycles. The molecular formula is C12H16N4O. The summed E-state index contributed by atoms with van der Waals surface area (Å²) in [6, 6.07) is 5.71. The van der Waals surface area contributed by atoms with E-state index < -0.39 is 0 Å². The van der Waals surface area contributed by atoms with Crippen LogP contribution in [0.1, 0.15) is 19.5 Å². The number of rotatable bonds is 3. The predicted octanol–water partition coefficient (Wildman–Crippen LogP) is 1.89. The van der Waals surface area contributed by atoms with E-state index >= 15 is 0 Å². The lowest BCUT2D eigenvalue weighted by Crippen LogP contribution is -2.18. The minimum Gasteiger partial charge on any atom is -0.491 e. The van der Waals surface area contributed by atoms with Gasteiger partial charge in [0.1, 0.15) is 17.3 Å². The zero-order chi connectivity index (χ0) is 12.4. The minimum absolute atomic E-state index is 0.131. The molecule has 0 unspecified atom stereocenters. The molecule has 0 atom stereocenters. The lowest BCUT2D eigenvalue weighted by Gasteiger charge is -2.09. The smallest absolute Gasteiger partial charge is 0.146 e. The van der Waals surface area contributed by atoms with Gasteiger partial charge in [0.15, 0.2) is 0 Å². The molecule has 5 heteroatoms. The fourth-order valence-corrected chi connectivity index (χ4v) is 1.65. The number of nitrogens with one attached hydrogen (secondary N) is 3. The first-order chi connectivity index (χ1) is 8.11. The Morgan fingerprint density at radius 2 is 2.24 bits per heavy atom. The van der Waals surface area contributed by atoms with Crippen LogP contribution >= 0.6 is 0 Å². The summed E-state index contributed by atoms with van der Waals surface area (Å²) in [6.45, 7) is 3.96. The molecule has 0 aliphatic carbocycles. The summed E-state index contributed by atoms with van der Waals surface area (Å²) in [4.78, 5) is 0. The van der Waals surface area contributed by atoms with E-state index in [4.69, 9.17) is 10.1 Å². The molecule has 0 bridgehead atoms. The normalized spacial score (nSPS) is 10.8. The molecule has 0 aliphatic heterocycles. The van der Waals surface area contributed by atoms with Crippen LogP contribution in [0.3, 0.4) is 0 Å². The number of amidine groups is 1. The van der Waals surface area contributed by atoms with E-state index in [0.717, 1.165) is 16.7 Å². The van der Waals surface area contributed by atoms with Crippen LogP contribution in [0.25, 0.3) is 10.9 Å². The summed E-state index contributed by atoms with van der Waals surface area (Å²) in [5.41, 5.74) is 1.51. The molecule has 0 amide bonds. The Balaban J connectivity index is 2.46. The van der Waals surface area contributed by atoms with Crippen LogP contribution in [-0.2, 0) is 0 Å². The van der Waals surface area contributed by atoms with Gasteiger partial charge in [-0.25, -0.2) is 0 Å². The lowest BCUT2D eigenvalue weighted by atomic mass is 10.2. The molecule has 0 saturated heterocycles. The van der Waals surface area contributed by atoms with Crippen molar-refractivity contribution >= 4 is 16.7 Å². The van der Waals surface area contributed by atoms with Gasteiger partial charge in [-0.1, -0.05) is 0 Å². The Morgan fingerprint density at radius 1 is 1.47 bits per heavy atom. The Morgan fingerprint density at radius 3 is 2.88 bits per heavy atom. The SMILES string of the molecule is CNC(=N)c1n[nH]c2ccc(OC(C)C)cc12. The van der Waals surface area contributed by atoms with Gasteiger partial charge in [-0.05, 0) is 32.0 Å². The van der Waals surface area contributed by atoms with Gasteiger partial charge in [0.2, 0.25) is 0 Å². The van der Waals surface area contributed by atoms with E-state index in [1.165, 1.54) is 0 Å². The number of hydrogen-bond donors (Lipinski definition) is 3. The summed E-state index contributed by atoms with van der Waals surface area (Å²) in [5.74, 6) is 1.08. The third kappa shape index (κ3) is 2.22. The number of aromatic amines is 1. The van der Waals surface area contributed by atoms with Gasteiger partial charge in [0.05, 0.1) is 11.6 Å². The second-order valence-electron chi connectivity index (χ2n) is 4.07. The van der Waals surface area contributed by atoms with Gasteiger partial charge in [0, 0.05) is 12.4 Å². The average molecular weight is 232 g/mol. The van der Waals surface area contributed by atoms with Crippen LogP contribution in [0.2, 0.25) is 0 Å². The van der Waals surface area contributed by atoms with E-state index in [9.17, 15) is 0 Å². The fraction of sp³-hybridized carbons (Fsp3) is 0.333. The van der Waals surface area contributed by atoms with Crippen LogP contribution in [-0.4, -0.2) is 29.2 Å². The van der Waals surface area contributed by atoms with Crippen molar-refractivity contribution in [3.8, 4) is 5.75 Å². The van der Waals surface area contributed by atoms with Gasteiger partial charge in [0.25, 0.3) is 0 Å². The summed E-state index contributed by atoms with van der Waals surface area (Å²) >= 11 is 0. The Kier molecular flexibility index (Phi) is 2.99. The first-order valence-corrected chi connectivity index (χ1v) is 5.53. The number of ether oxygens (including phenoxy) is 1. The first kappa shape index (κ1) is 11.4. The molecule has 17 heavy (non-hydrogen) atoms. The minimum atomic E-state index is 0.131. The maximum absolute atomic E-state index is 7.75. The zero-order valence-corrected chi connectivity index (χ0v) is 10.2. The maximum Gasteiger partial charge on any atom is 0.146 e. The predicted molar refractivity (Wildman–Crippen MR) is 67.7 cm³/mol. The maximum atomic E-state index is 7.75. The number of benzene rings is 1. The highest BCUT2D eigenvalue weighted by molar-refractivity contribution is 6.06. The van der Waals surface area contributed by atoms with E-state index in [1.807, 2.05) is 32.0 Å². The molecule has 0 fully saturated rings. The number of H-pyrrole nitrogens is 1. The van der Waals surface area contributed by atoms with Crippen molar-refractivity contribution in [2.75, 3.05) is 7.05 Å². The Bertz CT molecular complexity index is 544. The highest BCUT2D eigenvalue weighted by Gasteiger charge is 2.10. The highest BCUT2D eigenvalue weighted by atomic mass is 16.5. The van der Waals surface area contributed by atoms with Crippen molar-refractivity contribution in [2.24, 2.45) is 0 Å². The van der Waals surface area contributed by atoms with Crippen LogP contribution in [0.4, 0.5) is 0 Å². The molecule has 1 aromatic carbocycles. The largest absolute Gasteiger partial charge is 0.491 e. The summed E-state index contributed by atoms with van der Waals surface area (Å²) < 4.78 is 5.63. The van der Waals surface area contributed by atoms with E-state index in [-0.39, 0.29) is 11.9 Å². The lowest BCUT2D eigenvalue weighted by molar-refractivity contribution is 0.243. The van der Waals surface area contributed by atoms with Crippen molar-refractivity contribution in [3.63, 3.8) is 0 Å². The molecule has 90 valence electrons. The average Bonchev–Trinajstić information content (AvgIpc) is 2.70. The number of aromatic nitrogens is 2. The van der Waals surface area contributed by atoms with Crippen LogP contribution in [0, 0.1) is 5.41 Å². The molecular weight excluding hydrogens is 216 g/mol. The van der Waals surface area contributed by atoms with Gasteiger partial charge >= 0.3 is 0 Å². The fourth-order valence-electron chi connectivity index (χ4n) is 1.65. The van der Waals surface area contributed by atoms with Crippen molar-refractivity contribution < 1.29 is 4.74 Å². The molecule has 0 radical (unpaired) electrons. The van der Waals surface area contributed by atoms with Gasteiger partial charge in [-0.2, -0.15) is 5.10 Å². The summed E-state index contributed by atoms with van der Waals surface area (Å²) in [5, 5.41) is 18.4. The molecule has 1 aromatic heterocycles. The number of fused-ring (bicyclic) bond motifs is 1. The van der Waals surface area contributed by atoms with Crippen molar-refractivity contribution in [1.82, 2.24) is 15.5 Å². The van der Waals surface area contributed by atoms with Crippen molar-refractivity contribution in [3.05, 3.63) is 23.9 Å². The second-order valence-corrected chi connectivity index (χ2v) is 4.07. The molecule has 1 heterocycles. The van der Waals surface area contributed by atoms with Crippen LogP contribution < -0.4 is 10.1 Å². The third-order valence-electron chi connectivity index (χ3n) is 2.39. The Hall–Kier alpha value is -2.04. The topological polar surface area (TPSA) is 73.8 Å². The van der Waals surface area contributed by atoms with Gasteiger partial charge in [-0.15, -0.1) is 0 Å². The highest BCUT2D eigenvalue weighted by Crippen LogP contribution is 2.22. The van der Waals surface area contributed by atoms with Crippen LogP contribution in [0.15, 0.2) is 18.2 Å². The summed E-state index contributed by atoms with van der Waals surface area (Å²) in [7, 11) is 1.71. The molecule has 5 nitrogen and oxygen atoms in total. The van der Waals surface area contributed by atoms with Gasteiger partial charge < -0.3 is 10.1 Å².